The van der Waals surface area contributed by atoms with Crippen molar-refractivity contribution in [3.05, 3.63) is 53.6 Å². The van der Waals surface area contributed by atoms with Crippen molar-refractivity contribution in [2.75, 3.05) is 19.8 Å². The minimum atomic E-state index is -3.70. The molecule has 0 spiro atoms. The Morgan fingerprint density at radius 2 is 1.79 bits per heavy atom. The highest BCUT2D eigenvalue weighted by Gasteiger charge is 2.30. The number of primary sulfonamides is 1. The van der Waals surface area contributed by atoms with Crippen molar-refractivity contribution >= 4 is 15.9 Å². The van der Waals surface area contributed by atoms with E-state index < -0.39 is 10.0 Å². The zero-order valence-corrected chi connectivity index (χ0v) is 16.9. The van der Waals surface area contributed by atoms with Crippen LogP contribution in [0.1, 0.15) is 36.4 Å². The third kappa shape index (κ3) is 4.38. The number of sulfonamides is 1. The average molecular weight is 416 g/mol. The quantitative estimate of drug-likeness (QED) is 0.807. The van der Waals surface area contributed by atoms with Crippen LogP contribution >= 0.6 is 0 Å². The second-order valence-electron chi connectivity index (χ2n) is 7.34. The van der Waals surface area contributed by atoms with Gasteiger partial charge in [0, 0.05) is 13.0 Å². The number of benzene rings is 2. The second kappa shape index (κ2) is 8.04. The number of carbonyl (C=O) groups excluding carboxylic acids is 1. The standard InChI is InChI=1S/C21H24N2O5S/c22-29(25,26)17-7-3-15(4-8-17)5-10-21(24)23-11-1-2-18(23)16-6-9-19-20(14-16)28-13-12-27-19/h3-4,6-9,14,18H,1-2,5,10-13H2,(H2,22,25,26)/t18-/m0/s1. The van der Waals surface area contributed by atoms with Gasteiger partial charge in [0.05, 0.1) is 10.9 Å². The molecule has 1 atom stereocenters. The predicted octanol–water partition coefficient (Wildman–Crippen LogP) is 2.40. The first-order valence-electron chi connectivity index (χ1n) is 9.72. The van der Waals surface area contributed by atoms with Crippen LogP contribution in [0.15, 0.2) is 47.4 Å². The SMILES string of the molecule is NS(=O)(=O)c1ccc(CCC(=O)N2CCC[C@H]2c2ccc3c(c2)OCCO3)cc1. The Labute approximate surface area is 170 Å². The fourth-order valence-electron chi connectivity index (χ4n) is 3.92. The Balaban J connectivity index is 1.41. The van der Waals surface area contributed by atoms with Crippen LogP contribution in [0.4, 0.5) is 0 Å². The number of carbonyl (C=O) groups is 1. The fourth-order valence-corrected chi connectivity index (χ4v) is 4.44. The van der Waals surface area contributed by atoms with E-state index in [2.05, 4.69) is 0 Å². The number of ether oxygens (including phenoxy) is 2. The van der Waals surface area contributed by atoms with Crippen molar-refractivity contribution in [3.63, 3.8) is 0 Å². The van der Waals surface area contributed by atoms with Gasteiger partial charge >= 0.3 is 0 Å². The van der Waals surface area contributed by atoms with E-state index in [0.29, 0.717) is 26.1 Å². The van der Waals surface area contributed by atoms with E-state index in [-0.39, 0.29) is 16.8 Å². The number of likely N-dealkylation sites (tertiary alicyclic amines) is 1. The van der Waals surface area contributed by atoms with E-state index in [1.807, 2.05) is 23.1 Å². The minimum absolute atomic E-state index is 0.0445. The topological polar surface area (TPSA) is 98.9 Å². The van der Waals surface area contributed by atoms with Gasteiger partial charge in [-0.15, -0.1) is 0 Å². The summed E-state index contributed by atoms with van der Waals surface area (Å²) >= 11 is 0. The fraction of sp³-hybridized carbons (Fsp3) is 0.381. The Morgan fingerprint density at radius 1 is 1.07 bits per heavy atom. The molecule has 0 aromatic heterocycles. The van der Waals surface area contributed by atoms with Crippen molar-refractivity contribution < 1.29 is 22.7 Å². The Morgan fingerprint density at radius 3 is 2.52 bits per heavy atom. The van der Waals surface area contributed by atoms with Gasteiger partial charge in [-0.05, 0) is 54.7 Å². The van der Waals surface area contributed by atoms with Gasteiger partial charge in [0.15, 0.2) is 11.5 Å². The van der Waals surface area contributed by atoms with Crippen molar-refractivity contribution in [2.24, 2.45) is 5.14 Å². The molecule has 2 aliphatic rings. The van der Waals surface area contributed by atoms with Crippen molar-refractivity contribution in [1.29, 1.82) is 0 Å². The Bertz CT molecular complexity index is 1000. The monoisotopic (exact) mass is 416 g/mol. The lowest BCUT2D eigenvalue weighted by Crippen LogP contribution is -2.30. The number of nitrogens with two attached hydrogens (primary N) is 1. The summed E-state index contributed by atoms with van der Waals surface area (Å²) in [6, 6.07) is 12.3. The Kier molecular flexibility index (Phi) is 5.47. The smallest absolute Gasteiger partial charge is 0.238 e. The van der Waals surface area contributed by atoms with E-state index in [4.69, 9.17) is 14.6 Å². The molecule has 2 aliphatic heterocycles. The van der Waals surface area contributed by atoms with E-state index in [1.165, 1.54) is 12.1 Å². The van der Waals surface area contributed by atoms with Gasteiger partial charge in [-0.25, -0.2) is 13.6 Å². The summed E-state index contributed by atoms with van der Waals surface area (Å²) in [4.78, 5) is 14.9. The molecule has 2 aromatic carbocycles. The normalized spacial score (nSPS) is 18.7. The van der Waals surface area contributed by atoms with Crippen molar-refractivity contribution in [3.8, 4) is 11.5 Å². The van der Waals surface area contributed by atoms with Gasteiger partial charge in [-0.2, -0.15) is 0 Å². The van der Waals surface area contributed by atoms with E-state index >= 15 is 0 Å². The molecule has 29 heavy (non-hydrogen) atoms. The van der Waals surface area contributed by atoms with Crippen LogP contribution in [0, 0.1) is 0 Å². The maximum Gasteiger partial charge on any atom is 0.238 e. The third-order valence-electron chi connectivity index (χ3n) is 5.40. The van der Waals surface area contributed by atoms with Gasteiger partial charge in [0.25, 0.3) is 0 Å². The van der Waals surface area contributed by atoms with Crippen LogP contribution < -0.4 is 14.6 Å². The van der Waals surface area contributed by atoms with Crippen LogP contribution in [0.25, 0.3) is 0 Å². The van der Waals surface area contributed by atoms with Crippen LogP contribution in [-0.4, -0.2) is 39.0 Å². The van der Waals surface area contributed by atoms with Crippen LogP contribution in [0.5, 0.6) is 11.5 Å². The largest absolute Gasteiger partial charge is 0.486 e. The third-order valence-corrected chi connectivity index (χ3v) is 6.33. The van der Waals surface area contributed by atoms with Crippen molar-refractivity contribution in [1.82, 2.24) is 4.90 Å². The first-order valence-corrected chi connectivity index (χ1v) is 11.3. The molecule has 4 rings (SSSR count). The molecule has 0 radical (unpaired) electrons. The number of hydrogen-bond acceptors (Lipinski definition) is 5. The molecule has 7 nitrogen and oxygen atoms in total. The number of aryl methyl sites for hydroxylation is 1. The van der Waals surface area contributed by atoms with E-state index in [0.717, 1.165) is 42.0 Å². The molecular formula is C21H24N2O5S. The summed E-state index contributed by atoms with van der Waals surface area (Å²) in [6.07, 6.45) is 2.81. The summed E-state index contributed by atoms with van der Waals surface area (Å²) in [5, 5.41) is 5.12. The first-order chi connectivity index (χ1) is 13.9. The number of nitrogens with zero attached hydrogens (tertiary/aromatic N) is 1. The molecule has 2 N–H and O–H groups in total. The maximum atomic E-state index is 12.9. The number of hydrogen-bond donors (Lipinski definition) is 1. The number of fused-ring (bicyclic) bond motifs is 1. The van der Waals surface area contributed by atoms with Crippen LogP contribution in [-0.2, 0) is 21.2 Å². The highest BCUT2D eigenvalue weighted by atomic mass is 32.2. The summed E-state index contributed by atoms with van der Waals surface area (Å²) < 4.78 is 33.9. The lowest BCUT2D eigenvalue weighted by atomic mass is 10.0. The minimum Gasteiger partial charge on any atom is -0.486 e. The highest BCUT2D eigenvalue weighted by molar-refractivity contribution is 7.89. The average Bonchev–Trinajstić information content (AvgIpc) is 3.21. The molecule has 0 aliphatic carbocycles. The summed E-state index contributed by atoms with van der Waals surface area (Å²) in [7, 11) is -3.70. The molecule has 1 saturated heterocycles. The molecule has 8 heteroatoms. The van der Waals surface area contributed by atoms with Gasteiger partial charge in [0.2, 0.25) is 15.9 Å². The molecule has 0 saturated carbocycles. The predicted molar refractivity (Wildman–Crippen MR) is 107 cm³/mol. The molecule has 2 aromatic rings. The zero-order valence-electron chi connectivity index (χ0n) is 16.0. The van der Waals surface area contributed by atoms with Crippen LogP contribution in [0.3, 0.4) is 0 Å². The molecule has 1 amide bonds. The maximum absolute atomic E-state index is 12.9. The van der Waals surface area contributed by atoms with Crippen LogP contribution in [0.2, 0.25) is 0 Å². The molecule has 0 unspecified atom stereocenters. The lowest BCUT2D eigenvalue weighted by molar-refractivity contribution is -0.132. The van der Waals surface area contributed by atoms with Gasteiger partial charge in [0.1, 0.15) is 13.2 Å². The molecule has 2 heterocycles. The van der Waals surface area contributed by atoms with Crippen molar-refractivity contribution in [2.45, 2.75) is 36.6 Å². The zero-order chi connectivity index (χ0) is 20.4. The molecular weight excluding hydrogens is 392 g/mol. The lowest BCUT2D eigenvalue weighted by Gasteiger charge is -2.27. The number of amides is 1. The van der Waals surface area contributed by atoms with E-state index in [9.17, 15) is 13.2 Å². The van der Waals surface area contributed by atoms with E-state index in [1.54, 1.807) is 12.1 Å². The van der Waals surface area contributed by atoms with Gasteiger partial charge in [-0.3, -0.25) is 4.79 Å². The number of rotatable bonds is 5. The molecule has 1 fully saturated rings. The molecule has 0 bridgehead atoms. The van der Waals surface area contributed by atoms with Gasteiger partial charge in [-0.1, -0.05) is 18.2 Å². The summed E-state index contributed by atoms with van der Waals surface area (Å²) in [6.45, 7) is 1.83. The summed E-state index contributed by atoms with van der Waals surface area (Å²) in [5.74, 6) is 1.58. The van der Waals surface area contributed by atoms with Gasteiger partial charge < -0.3 is 14.4 Å². The second-order valence-corrected chi connectivity index (χ2v) is 8.90. The Hall–Kier alpha value is -2.58. The summed E-state index contributed by atoms with van der Waals surface area (Å²) in [5.41, 5.74) is 1.97. The molecule has 154 valence electrons. The highest BCUT2D eigenvalue weighted by Crippen LogP contribution is 2.38. The first kappa shape index (κ1) is 19.7.